The number of nitriles is 2. The second-order valence-electron chi connectivity index (χ2n) is 3.05. The summed E-state index contributed by atoms with van der Waals surface area (Å²) in [5.41, 5.74) is 0. The van der Waals surface area contributed by atoms with Crippen molar-refractivity contribution in [3.05, 3.63) is 0 Å². The normalized spacial score (nSPS) is 9.33. The van der Waals surface area contributed by atoms with Gasteiger partial charge in [0.05, 0.1) is 12.1 Å². The summed E-state index contributed by atoms with van der Waals surface area (Å²) in [6.07, 6.45) is 5.51. The van der Waals surface area contributed by atoms with E-state index in [0.29, 0.717) is 18.8 Å². The number of hydrogen-bond donors (Lipinski definition) is 0. The molecule has 0 heterocycles. The molecule has 0 aromatic carbocycles. The summed E-state index contributed by atoms with van der Waals surface area (Å²) >= 11 is 0. The van der Waals surface area contributed by atoms with Gasteiger partial charge in [0.15, 0.2) is 0 Å². The van der Waals surface area contributed by atoms with Crippen LogP contribution in [0.2, 0.25) is 0 Å². The van der Waals surface area contributed by atoms with Crippen molar-refractivity contribution >= 4 is 0 Å². The van der Waals surface area contributed by atoms with Crippen LogP contribution in [0.4, 0.5) is 0 Å². The van der Waals surface area contributed by atoms with E-state index in [1.807, 2.05) is 0 Å². The second-order valence-corrected chi connectivity index (χ2v) is 3.05. The zero-order valence-corrected chi connectivity index (χ0v) is 7.71. The molecule has 2 heteroatoms. The largest absolute Gasteiger partial charge is 0.198 e. The van der Waals surface area contributed by atoms with E-state index in [4.69, 9.17) is 10.5 Å². The molecule has 0 saturated carbocycles. The van der Waals surface area contributed by atoms with Crippen LogP contribution in [0.15, 0.2) is 0 Å². The van der Waals surface area contributed by atoms with E-state index in [1.165, 1.54) is 0 Å². The van der Waals surface area contributed by atoms with Gasteiger partial charge in [-0.1, -0.05) is 19.8 Å². The van der Waals surface area contributed by atoms with E-state index in [0.717, 1.165) is 25.7 Å². The summed E-state index contributed by atoms with van der Waals surface area (Å²) in [5, 5.41) is 16.8. The zero-order valence-electron chi connectivity index (χ0n) is 7.71. The monoisotopic (exact) mass is 164 g/mol. The van der Waals surface area contributed by atoms with Gasteiger partial charge in [0.25, 0.3) is 0 Å². The maximum atomic E-state index is 8.39. The minimum Gasteiger partial charge on any atom is -0.198 e. The van der Waals surface area contributed by atoms with Crippen molar-refractivity contribution in [2.24, 2.45) is 5.92 Å². The maximum absolute atomic E-state index is 8.39. The van der Waals surface area contributed by atoms with Crippen molar-refractivity contribution < 1.29 is 0 Å². The topological polar surface area (TPSA) is 47.6 Å². The lowest BCUT2D eigenvalue weighted by Gasteiger charge is -2.11. The lowest BCUT2D eigenvalue weighted by atomic mass is 9.94. The third-order valence-corrected chi connectivity index (χ3v) is 2.03. The standard InChI is InChI=1S/C10H16N2/c1-2-5-10(6-3-8-11)7-4-9-12/h10H,2-7H2,1H3. The van der Waals surface area contributed by atoms with Crippen molar-refractivity contribution in [2.45, 2.75) is 45.4 Å². The molecule has 0 radical (unpaired) electrons. The third kappa shape index (κ3) is 5.74. The second kappa shape index (κ2) is 8.08. The fourth-order valence-corrected chi connectivity index (χ4v) is 1.38. The van der Waals surface area contributed by atoms with E-state index in [2.05, 4.69) is 19.1 Å². The van der Waals surface area contributed by atoms with Gasteiger partial charge in [-0.05, 0) is 18.8 Å². The average molecular weight is 164 g/mol. The molecule has 0 aromatic rings. The Bertz CT molecular complexity index is 155. The first kappa shape index (κ1) is 11.0. The highest BCUT2D eigenvalue weighted by Crippen LogP contribution is 2.18. The molecule has 0 N–H and O–H groups in total. The SMILES string of the molecule is CCCC(CCC#N)CCC#N. The van der Waals surface area contributed by atoms with Gasteiger partial charge in [0, 0.05) is 12.8 Å². The fourth-order valence-electron chi connectivity index (χ4n) is 1.38. The van der Waals surface area contributed by atoms with Crippen molar-refractivity contribution in [1.82, 2.24) is 0 Å². The first-order valence-corrected chi connectivity index (χ1v) is 4.59. The molecule has 0 saturated heterocycles. The highest BCUT2D eigenvalue weighted by atomic mass is 14.2. The van der Waals surface area contributed by atoms with Crippen LogP contribution in [0.1, 0.15) is 45.4 Å². The van der Waals surface area contributed by atoms with Gasteiger partial charge in [0.1, 0.15) is 0 Å². The molecule has 0 aromatic heterocycles. The van der Waals surface area contributed by atoms with Crippen LogP contribution in [0.25, 0.3) is 0 Å². The molecule has 0 fully saturated rings. The molecule has 66 valence electrons. The summed E-state index contributed by atoms with van der Waals surface area (Å²) in [5.74, 6) is 0.592. The van der Waals surface area contributed by atoms with Crippen LogP contribution in [0.5, 0.6) is 0 Å². The highest BCUT2D eigenvalue weighted by molar-refractivity contribution is 4.76. The predicted molar refractivity (Wildman–Crippen MR) is 48.1 cm³/mol. The van der Waals surface area contributed by atoms with Crippen LogP contribution in [-0.4, -0.2) is 0 Å². The third-order valence-electron chi connectivity index (χ3n) is 2.03. The zero-order chi connectivity index (χ0) is 9.23. The van der Waals surface area contributed by atoms with E-state index in [9.17, 15) is 0 Å². The summed E-state index contributed by atoms with van der Waals surface area (Å²) in [7, 11) is 0. The Morgan fingerprint density at radius 3 is 1.83 bits per heavy atom. The first-order valence-electron chi connectivity index (χ1n) is 4.59. The van der Waals surface area contributed by atoms with Crippen molar-refractivity contribution in [3.63, 3.8) is 0 Å². The average Bonchev–Trinajstić information content (AvgIpc) is 2.10. The Morgan fingerprint density at radius 1 is 1.00 bits per heavy atom. The van der Waals surface area contributed by atoms with Crippen LogP contribution >= 0.6 is 0 Å². The maximum Gasteiger partial charge on any atom is 0.0621 e. The summed E-state index contributed by atoms with van der Waals surface area (Å²) in [4.78, 5) is 0. The van der Waals surface area contributed by atoms with Crippen molar-refractivity contribution in [2.75, 3.05) is 0 Å². The van der Waals surface area contributed by atoms with Crippen LogP contribution in [0, 0.1) is 28.6 Å². The van der Waals surface area contributed by atoms with Crippen LogP contribution in [-0.2, 0) is 0 Å². The molecule has 12 heavy (non-hydrogen) atoms. The van der Waals surface area contributed by atoms with Gasteiger partial charge in [-0.2, -0.15) is 10.5 Å². The van der Waals surface area contributed by atoms with Gasteiger partial charge in [0.2, 0.25) is 0 Å². The minimum absolute atomic E-state index is 0.592. The Labute approximate surface area is 74.8 Å². The molecular formula is C10H16N2. The van der Waals surface area contributed by atoms with Gasteiger partial charge in [-0.25, -0.2) is 0 Å². The Hall–Kier alpha value is -1.02. The molecule has 0 spiro atoms. The van der Waals surface area contributed by atoms with Crippen molar-refractivity contribution in [1.29, 1.82) is 10.5 Å². The molecular weight excluding hydrogens is 148 g/mol. The molecule has 0 bridgehead atoms. The number of nitrogens with zero attached hydrogens (tertiary/aromatic N) is 2. The Morgan fingerprint density at radius 2 is 1.50 bits per heavy atom. The molecule has 0 atom stereocenters. The van der Waals surface area contributed by atoms with E-state index in [1.54, 1.807) is 0 Å². The molecule has 0 rings (SSSR count). The van der Waals surface area contributed by atoms with Gasteiger partial charge in [-0.15, -0.1) is 0 Å². The van der Waals surface area contributed by atoms with Gasteiger partial charge in [-0.3, -0.25) is 0 Å². The molecule has 0 amide bonds. The molecule has 0 unspecified atom stereocenters. The smallest absolute Gasteiger partial charge is 0.0621 e. The molecule has 0 aliphatic rings. The Kier molecular flexibility index (Phi) is 7.39. The lowest BCUT2D eigenvalue weighted by Crippen LogP contribution is -1.99. The quantitative estimate of drug-likeness (QED) is 0.605. The fraction of sp³-hybridized carbons (Fsp3) is 0.800. The summed E-state index contributed by atoms with van der Waals surface area (Å²) in [6, 6.07) is 4.30. The summed E-state index contributed by atoms with van der Waals surface area (Å²) < 4.78 is 0. The van der Waals surface area contributed by atoms with Crippen molar-refractivity contribution in [3.8, 4) is 12.1 Å². The lowest BCUT2D eigenvalue weighted by molar-refractivity contribution is 0.425. The molecule has 0 aliphatic carbocycles. The first-order chi connectivity index (χ1) is 5.85. The molecule has 0 aliphatic heterocycles. The molecule has 2 nitrogen and oxygen atoms in total. The predicted octanol–water partition coefficient (Wildman–Crippen LogP) is 3.01. The van der Waals surface area contributed by atoms with Crippen LogP contribution in [0.3, 0.4) is 0 Å². The number of hydrogen-bond acceptors (Lipinski definition) is 2. The Balaban J connectivity index is 3.57. The van der Waals surface area contributed by atoms with E-state index in [-0.39, 0.29) is 0 Å². The van der Waals surface area contributed by atoms with E-state index >= 15 is 0 Å². The number of rotatable bonds is 6. The van der Waals surface area contributed by atoms with Crippen LogP contribution < -0.4 is 0 Å². The van der Waals surface area contributed by atoms with Gasteiger partial charge < -0.3 is 0 Å². The summed E-state index contributed by atoms with van der Waals surface area (Å²) in [6.45, 7) is 2.14. The van der Waals surface area contributed by atoms with E-state index < -0.39 is 0 Å². The highest BCUT2D eigenvalue weighted by Gasteiger charge is 2.06. The van der Waals surface area contributed by atoms with Gasteiger partial charge >= 0.3 is 0 Å². The minimum atomic E-state index is 0.592.